The Bertz CT molecular complexity index is 658. The highest BCUT2D eigenvalue weighted by Crippen LogP contribution is 2.23. The van der Waals surface area contributed by atoms with Gasteiger partial charge in [0.2, 0.25) is 11.8 Å². The predicted octanol–water partition coefficient (Wildman–Crippen LogP) is 2.11. The number of hydrogen-bond acceptors (Lipinski definition) is 7. The van der Waals surface area contributed by atoms with E-state index in [9.17, 15) is 4.79 Å². The van der Waals surface area contributed by atoms with E-state index in [1.807, 2.05) is 19.2 Å². The molecule has 3 heterocycles. The zero-order valence-corrected chi connectivity index (χ0v) is 14.4. The molecule has 1 atom stereocenters. The van der Waals surface area contributed by atoms with Crippen LogP contribution in [0.15, 0.2) is 34.2 Å². The van der Waals surface area contributed by atoms with Gasteiger partial charge in [0.05, 0.1) is 6.61 Å². The predicted molar refractivity (Wildman–Crippen MR) is 89.4 cm³/mol. The van der Waals surface area contributed by atoms with Crippen molar-refractivity contribution in [3.05, 3.63) is 24.5 Å². The Labute approximate surface area is 144 Å². The van der Waals surface area contributed by atoms with Gasteiger partial charge in [-0.3, -0.25) is 9.78 Å². The van der Waals surface area contributed by atoms with Crippen molar-refractivity contribution in [3.63, 3.8) is 0 Å². The van der Waals surface area contributed by atoms with E-state index >= 15 is 0 Å². The van der Waals surface area contributed by atoms with Gasteiger partial charge in [0.25, 0.3) is 5.22 Å². The third-order valence-corrected chi connectivity index (χ3v) is 4.68. The number of rotatable bonds is 7. The van der Waals surface area contributed by atoms with Crippen molar-refractivity contribution in [2.75, 3.05) is 32.6 Å². The van der Waals surface area contributed by atoms with E-state index in [1.165, 1.54) is 11.8 Å². The molecule has 1 amide bonds. The van der Waals surface area contributed by atoms with Crippen LogP contribution in [0.1, 0.15) is 12.8 Å². The molecule has 7 nitrogen and oxygen atoms in total. The smallest absolute Gasteiger partial charge is 0.276 e. The van der Waals surface area contributed by atoms with Crippen LogP contribution in [0.5, 0.6) is 0 Å². The van der Waals surface area contributed by atoms with Crippen molar-refractivity contribution >= 4 is 17.7 Å². The first kappa shape index (κ1) is 16.9. The largest absolute Gasteiger partial charge is 0.411 e. The molecule has 1 unspecified atom stereocenters. The number of carbonyl (C=O) groups is 1. The van der Waals surface area contributed by atoms with E-state index in [1.54, 1.807) is 17.3 Å². The second kappa shape index (κ2) is 8.25. The van der Waals surface area contributed by atoms with Gasteiger partial charge in [-0.2, -0.15) is 0 Å². The first-order valence-electron chi connectivity index (χ1n) is 7.91. The van der Waals surface area contributed by atoms with Crippen LogP contribution < -0.4 is 0 Å². The molecule has 0 N–H and O–H groups in total. The average molecular weight is 348 g/mol. The van der Waals surface area contributed by atoms with Gasteiger partial charge in [0.15, 0.2) is 0 Å². The number of ether oxygens (including phenoxy) is 1. The van der Waals surface area contributed by atoms with Crippen LogP contribution in [-0.4, -0.2) is 58.5 Å². The van der Waals surface area contributed by atoms with Crippen LogP contribution >= 0.6 is 11.8 Å². The van der Waals surface area contributed by atoms with Crippen molar-refractivity contribution in [2.24, 2.45) is 5.92 Å². The summed E-state index contributed by atoms with van der Waals surface area (Å²) < 4.78 is 10.9. The standard InChI is InChI=1S/C16H20N4O3S/c1-20(10-12-4-8-22-11-12)14(21)5-9-24-16-19-18-15(23-16)13-2-6-17-7-3-13/h2-3,6-7,12H,4-5,8-11H2,1H3. The Morgan fingerprint density at radius 2 is 2.21 bits per heavy atom. The van der Waals surface area contributed by atoms with Crippen LogP contribution in [0, 0.1) is 5.92 Å². The Morgan fingerprint density at radius 1 is 1.38 bits per heavy atom. The van der Waals surface area contributed by atoms with Gasteiger partial charge >= 0.3 is 0 Å². The second-order valence-electron chi connectivity index (χ2n) is 5.71. The van der Waals surface area contributed by atoms with E-state index in [0.29, 0.717) is 29.2 Å². The molecule has 0 saturated carbocycles. The normalized spacial score (nSPS) is 17.1. The first-order valence-corrected chi connectivity index (χ1v) is 8.89. The van der Waals surface area contributed by atoms with E-state index in [4.69, 9.17) is 9.15 Å². The summed E-state index contributed by atoms with van der Waals surface area (Å²) in [6.45, 7) is 2.32. The maximum absolute atomic E-state index is 12.1. The SMILES string of the molecule is CN(CC1CCOC1)C(=O)CCSc1nnc(-c2ccncc2)o1. The molecule has 2 aromatic heterocycles. The van der Waals surface area contributed by atoms with Gasteiger partial charge in [0, 0.05) is 56.2 Å². The topological polar surface area (TPSA) is 81.4 Å². The summed E-state index contributed by atoms with van der Waals surface area (Å²) in [5.74, 6) is 1.67. The minimum absolute atomic E-state index is 0.128. The summed E-state index contributed by atoms with van der Waals surface area (Å²) in [7, 11) is 1.85. The Kier molecular flexibility index (Phi) is 5.81. The van der Waals surface area contributed by atoms with Crippen LogP contribution in [0.2, 0.25) is 0 Å². The van der Waals surface area contributed by atoms with E-state index in [-0.39, 0.29) is 5.91 Å². The average Bonchev–Trinajstić information content (AvgIpc) is 3.27. The maximum atomic E-state index is 12.1. The molecule has 1 aliphatic rings. The fourth-order valence-electron chi connectivity index (χ4n) is 2.51. The summed E-state index contributed by atoms with van der Waals surface area (Å²) in [6, 6.07) is 3.63. The molecule has 0 radical (unpaired) electrons. The molecule has 2 aromatic rings. The van der Waals surface area contributed by atoms with Gasteiger partial charge in [-0.1, -0.05) is 11.8 Å². The lowest BCUT2D eigenvalue weighted by atomic mass is 10.1. The van der Waals surface area contributed by atoms with Crippen LogP contribution in [0.4, 0.5) is 0 Å². The lowest BCUT2D eigenvalue weighted by Crippen LogP contribution is -2.32. The molecule has 1 aliphatic heterocycles. The zero-order valence-electron chi connectivity index (χ0n) is 13.6. The second-order valence-corrected chi connectivity index (χ2v) is 6.76. The molecule has 3 rings (SSSR count). The number of hydrogen-bond donors (Lipinski definition) is 0. The third-order valence-electron chi connectivity index (χ3n) is 3.86. The van der Waals surface area contributed by atoms with Crippen LogP contribution in [-0.2, 0) is 9.53 Å². The fourth-order valence-corrected chi connectivity index (χ4v) is 3.20. The molecule has 0 spiro atoms. The number of pyridine rings is 1. The Morgan fingerprint density at radius 3 is 2.96 bits per heavy atom. The minimum Gasteiger partial charge on any atom is -0.411 e. The van der Waals surface area contributed by atoms with E-state index in [2.05, 4.69) is 15.2 Å². The molecular weight excluding hydrogens is 328 g/mol. The zero-order chi connectivity index (χ0) is 16.8. The summed E-state index contributed by atoms with van der Waals surface area (Å²) >= 11 is 1.40. The highest BCUT2D eigenvalue weighted by atomic mass is 32.2. The van der Waals surface area contributed by atoms with Crippen molar-refractivity contribution in [1.82, 2.24) is 20.1 Å². The summed E-state index contributed by atoms with van der Waals surface area (Å²) in [4.78, 5) is 17.9. The van der Waals surface area contributed by atoms with Crippen molar-refractivity contribution < 1.29 is 13.9 Å². The Hall–Kier alpha value is -1.93. The highest BCUT2D eigenvalue weighted by Gasteiger charge is 2.20. The van der Waals surface area contributed by atoms with Gasteiger partial charge < -0.3 is 14.1 Å². The molecule has 1 fully saturated rings. The van der Waals surface area contributed by atoms with Gasteiger partial charge in [-0.05, 0) is 18.6 Å². The number of amides is 1. The molecule has 128 valence electrons. The van der Waals surface area contributed by atoms with E-state index in [0.717, 1.165) is 31.7 Å². The minimum atomic E-state index is 0.128. The van der Waals surface area contributed by atoms with Gasteiger partial charge in [0.1, 0.15) is 0 Å². The Balaban J connectivity index is 1.43. The quantitative estimate of drug-likeness (QED) is 0.709. The fraction of sp³-hybridized carbons (Fsp3) is 0.500. The maximum Gasteiger partial charge on any atom is 0.276 e. The molecule has 1 saturated heterocycles. The van der Waals surface area contributed by atoms with Gasteiger partial charge in [-0.15, -0.1) is 10.2 Å². The number of aromatic nitrogens is 3. The highest BCUT2D eigenvalue weighted by molar-refractivity contribution is 7.99. The summed E-state index contributed by atoms with van der Waals surface area (Å²) in [6.07, 6.45) is 4.83. The number of nitrogens with zero attached hydrogens (tertiary/aromatic N) is 4. The van der Waals surface area contributed by atoms with Crippen molar-refractivity contribution in [2.45, 2.75) is 18.1 Å². The lowest BCUT2D eigenvalue weighted by molar-refractivity contribution is -0.130. The van der Waals surface area contributed by atoms with Crippen LogP contribution in [0.3, 0.4) is 0 Å². The molecule has 0 bridgehead atoms. The van der Waals surface area contributed by atoms with E-state index < -0.39 is 0 Å². The monoisotopic (exact) mass is 348 g/mol. The number of thioether (sulfide) groups is 1. The summed E-state index contributed by atoms with van der Waals surface area (Å²) in [5, 5.41) is 8.49. The molecular formula is C16H20N4O3S. The molecule has 8 heteroatoms. The van der Waals surface area contributed by atoms with Crippen molar-refractivity contribution in [1.29, 1.82) is 0 Å². The third kappa shape index (κ3) is 4.55. The molecule has 0 aliphatic carbocycles. The summed E-state index contributed by atoms with van der Waals surface area (Å²) in [5.41, 5.74) is 0.832. The first-order chi connectivity index (χ1) is 11.7. The van der Waals surface area contributed by atoms with Crippen molar-refractivity contribution in [3.8, 4) is 11.5 Å². The molecule has 0 aromatic carbocycles. The van der Waals surface area contributed by atoms with Gasteiger partial charge in [-0.25, -0.2) is 0 Å². The van der Waals surface area contributed by atoms with Crippen LogP contribution in [0.25, 0.3) is 11.5 Å². The lowest BCUT2D eigenvalue weighted by Gasteiger charge is -2.20. The molecule has 24 heavy (non-hydrogen) atoms. The number of carbonyl (C=O) groups excluding carboxylic acids is 1.